The molecular formula is C26H13BF4N2. The molecule has 0 atom stereocenters. The Balaban J connectivity index is 1.62. The molecule has 0 unspecified atom stereocenters. The second-order valence-electron chi connectivity index (χ2n) is 8.93. The molecule has 0 bridgehead atoms. The van der Waals surface area contributed by atoms with Crippen molar-refractivity contribution in [3.63, 3.8) is 0 Å². The summed E-state index contributed by atoms with van der Waals surface area (Å²) < 4.78 is 62.9. The molecule has 0 saturated carbocycles. The van der Waals surface area contributed by atoms with Crippen LogP contribution in [0.3, 0.4) is 0 Å². The first kappa shape index (κ1) is 17.8. The van der Waals surface area contributed by atoms with E-state index in [0.29, 0.717) is 15.8 Å². The zero-order valence-corrected chi connectivity index (χ0v) is 17.0. The first-order valence-corrected chi connectivity index (χ1v) is 10.8. The van der Waals surface area contributed by atoms with Crippen molar-refractivity contribution in [3.8, 4) is 5.69 Å². The molecule has 158 valence electrons. The van der Waals surface area contributed by atoms with Gasteiger partial charge in [-0.05, 0) is 34.6 Å². The summed E-state index contributed by atoms with van der Waals surface area (Å²) in [6.07, 6.45) is 0. The van der Waals surface area contributed by atoms with Gasteiger partial charge in [0.2, 0.25) is 0 Å². The molecule has 0 N–H and O–H groups in total. The Bertz CT molecular complexity index is 1700. The van der Waals surface area contributed by atoms with Crippen LogP contribution in [-0.2, 0) is 5.92 Å². The molecule has 4 aromatic carbocycles. The Hall–Kier alpha value is -3.74. The molecule has 7 heteroatoms. The molecule has 3 aliphatic rings. The largest absolute Gasteiger partial charge is 0.397 e. The number of benzene rings is 4. The zero-order chi connectivity index (χ0) is 22.3. The van der Waals surface area contributed by atoms with E-state index in [1.54, 1.807) is 12.1 Å². The highest BCUT2D eigenvalue weighted by atomic mass is 19.3. The molecule has 0 radical (unpaired) electrons. The molecule has 1 aromatic heterocycles. The van der Waals surface area contributed by atoms with Crippen LogP contribution in [-0.4, -0.2) is 17.3 Å². The summed E-state index contributed by atoms with van der Waals surface area (Å²) in [7, 11) is 0. The maximum absolute atomic E-state index is 15.3. The van der Waals surface area contributed by atoms with Crippen molar-refractivity contribution in [3.05, 3.63) is 84.4 Å². The number of anilines is 2. The van der Waals surface area contributed by atoms with Gasteiger partial charge < -0.3 is 4.57 Å². The summed E-state index contributed by atoms with van der Waals surface area (Å²) in [5.41, 5.74) is 4.25. The first-order chi connectivity index (χ1) is 15.9. The van der Waals surface area contributed by atoms with E-state index in [0.717, 1.165) is 39.0 Å². The van der Waals surface area contributed by atoms with Gasteiger partial charge in [-0.15, -0.1) is 0 Å². The minimum atomic E-state index is -4.36. The van der Waals surface area contributed by atoms with Crippen LogP contribution in [0.2, 0.25) is 0 Å². The van der Waals surface area contributed by atoms with Crippen LogP contribution in [0.5, 0.6) is 0 Å². The zero-order valence-electron chi connectivity index (χ0n) is 17.0. The van der Waals surface area contributed by atoms with Gasteiger partial charge in [-0.2, -0.15) is 17.6 Å². The summed E-state index contributed by atoms with van der Waals surface area (Å²) in [5, 5.41) is 2.13. The van der Waals surface area contributed by atoms with Gasteiger partial charge in [-0.1, -0.05) is 60.7 Å². The molecule has 0 amide bonds. The van der Waals surface area contributed by atoms with Crippen LogP contribution in [0.15, 0.2) is 78.9 Å². The lowest BCUT2D eigenvalue weighted by atomic mass is 9.34. The maximum Gasteiger partial charge on any atom is 0.397 e. The topological polar surface area (TPSA) is 8.17 Å². The standard InChI is InChI=1S/C26H13BF4N2/c28-25(29)16-8-4-10-18-24(16)33(26(25,30)31)21-13-5-12-20-22(21)27(18)17-9-3-7-15-14-6-1-2-11-19(14)32(20)23(15)17/h1-13H. The molecule has 2 nitrogen and oxygen atoms in total. The quantitative estimate of drug-likeness (QED) is 0.188. The van der Waals surface area contributed by atoms with Crippen LogP contribution < -0.4 is 21.3 Å². The molecule has 5 aromatic rings. The molecule has 0 saturated heterocycles. The van der Waals surface area contributed by atoms with Crippen molar-refractivity contribution < 1.29 is 17.6 Å². The lowest BCUT2D eigenvalue weighted by Gasteiger charge is -2.39. The highest BCUT2D eigenvalue weighted by Crippen LogP contribution is 2.59. The van der Waals surface area contributed by atoms with Gasteiger partial charge in [0, 0.05) is 27.7 Å². The summed E-state index contributed by atoms with van der Waals surface area (Å²) in [6.45, 7) is -0.410. The number of halogens is 4. The monoisotopic (exact) mass is 440 g/mol. The number of rotatable bonds is 0. The van der Waals surface area contributed by atoms with Gasteiger partial charge in [0.15, 0.2) is 0 Å². The Morgan fingerprint density at radius 3 is 2.24 bits per heavy atom. The van der Waals surface area contributed by atoms with E-state index in [4.69, 9.17) is 0 Å². The third-order valence-electron chi connectivity index (χ3n) is 7.47. The maximum atomic E-state index is 15.3. The van der Waals surface area contributed by atoms with E-state index in [1.807, 2.05) is 36.4 Å². The molecule has 4 heterocycles. The lowest BCUT2D eigenvalue weighted by Crippen LogP contribution is -2.62. The van der Waals surface area contributed by atoms with Gasteiger partial charge in [-0.3, -0.25) is 4.90 Å². The molecule has 8 rings (SSSR count). The SMILES string of the molecule is FC1(F)c2cccc3c2N(c2cccc4c2B3c2cccc3c5ccccc5n-4c23)C1(F)F. The molecule has 3 aliphatic heterocycles. The summed E-state index contributed by atoms with van der Waals surface area (Å²) >= 11 is 0. The molecular weight excluding hydrogens is 427 g/mol. The number of nitrogens with zero attached hydrogens (tertiary/aromatic N) is 2. The van der Waals surface area contributed by atoms with Crippen molar-refractivity contribution in [2.24, 2.45) is 0 Å². The number of fused-ring (bicyclic) bond motifs is 7. The second-order valence-corrected chi connectivity index (χ2v) is 8.93. The molecule has 33 heavy (non-hydrogen) atoms. The van der Waals surface area contributed by atoms with E-state index < -0.39 is 24.2 Å². The van der Waals surface area contributed by atoms with E-state index >= 15 is 17.6 Å². The summed E-state index contributed by atoms with van der Waals surface area (Å²) in [5.74, 6) is -4.29. The number of hydrogen-bond acceptors (Lipinski definition) is 1. The Morgan fingerprint density at radius 1 is 0.667 bits per heavy atom. The van der Waals surface area contributed by atoms with Crippen LogP contribution in [0.1, 0.15) is 5.56 Å². The normalized spacial score (nSPS) is 18.1. The minimum absolute atomic E-state index is 0.0660. The van der Waals surface area contributed by atoms with Gasteiger partial charge in [0.25, 0.3) is 6.71 Å². The predicted molar refractivity (Wildman–Crippen MR) is 123 cm³/mol. The van der Waals surface area contributed by atoms with E-state index in [-0.39, 0.29) is 11.4 Å². The van der Waals surface area contributed by atoms with Gasteiger partial charge in [0.05, 0.1) is 16.8 Å². The highest BCUT2D eigenvalue weighted by Gasteiger charge is 2.70. The summed E-state index contributed by atoms with van der Waals surface area (Å²) in [4.78, 5) is 0.573. The molecule has 0 aliphatic carbocycles. The summed E-state index contributed by atoms with van der Waals surface area (Å²) in [6, 6.07) is 19.1. The Kier molecular flexibility index (Phi) is 2.83. The van der Waals surface area contributed by atoms with E-state index in [2.05, 4.69) is 16.7 Å². The second kappa shape index (κ2) is 5.25. The van der Waals surface area contributed by atoms with Crippen LogP contribution >= 0.6 is 0 Å². The average Bonchev–Trinajstić information content (AvgIpc) is 3.23. The van der Waals surface area contributed by atoms with Crippen LogP contribution in [0, 0.1) is 0 Å². The molecule has 0 spiro atoms. The number of aromatic nitrogens is 1. The fraction of sp³-hybridized carbons (Fsp3) is 0.0769. The third kappa shape index (κ3) is 1.73. The number of hydrogen-bond donors (Lipinski definition) is 0. The van der Waals surface area contributed by atoms with Crippen LogP contribution in [0.25, 0.3) is 27.5 Å². The Labute approximate surface area is 185 Å². The first-order valence-electron chi connectivity index (χ1n) is 10.8. The van der Waals surface area contributed by atoms with Crippen molar-refractivity contribution in [2.75, 3.05) is 4.90 Å². The van der Waals surface area contributed by atoms with Gasteiger partial charge in [-0.25, -0.2) is 0 Å². The van der Waals surface area contributed by atoms with Crippen molar-refractivity contribution in [2.45, 2.75) is 12.0 Å². The predicted octanol–water partition coefficient (Wildman–Crippen LogP) is 4.76. The Morgan fingerprint density at radius 2 is 1.36 bits per heavy atom. The number of para-hydroxylation sites is 3. The smallest absolute Gasteiger partial charge is 0.310 e. The minimum Gasteiger partial charge on any atom is -0.310 e. The van der Waals surface area contributed by atoms with E-state index in [1.165, 1.54) is 12.1 Å². The van der Waals surface area contributed by atoms with Crippen LogP contribution in [0.4, 0.5) is 28.9 Å². The number of alkyl halides is 4. The lowest BCUT2D eigenvalue weighted by molar-refractivity contribution is -0.200. The highest BCUT2D eigenvalue weighted by molar-refractivity contribution is 7.00. The van der Waals surface area contributed by atoms with E-state index in [9.17, 15) is 0 Å². The van der Waals surface area contributed by atoms with Crippen molar-refractivity contribution in [1.82, 2.24) is 4.57 Å². The average molecular weight is 440 g/mol. The third-order valence-corrected chi connectivity index (χ3v) is 7.47. The van der Waals surface area contributed by atoms with Gasteiger partial charge in [0.1, 0.15) is 0 Å². The fourth-order valence-corrected chi connectivity index (χ4v) is 6.25. The van der Waals surface area contributed by atoms with Gasteiger partial charge >= 0.3 is 12.0 Å². The molecule has 0 fully saturated rings. The van der Waals surface area contributed by atoms with Crippen molar-refractivity contribution in [1.29, 1.82) is 0 Å². The fourth-order valence-electron chi connectivity index (χ4n) is 6.25. The van der Waals surface area contributed by atoms with Crippen molar-refractivity contribution >= 4 is 56.3 Å².